The third-order valence-corrected chi connectivity index (χ3v) is 3.16. The fourth-order valence-corrected chi connectivity index (χ4v) is 2.20. The SMILES string of the molecule is NC(=O)c1n[nH]nc1-c1ccc2ncccc2c1Cl. The number of nitrogens with one attached hydrogen (secondary N) is 1. The van der Waals surface area contributed by atoms with Gasteiger partial charge in [0.2, 0.25) is 0 Å². The molecular weight excluding hydrogens is 266 g/mol. The molecule has 3 N–H and O–H groups in total. The lowest BCUT2D eigenvalue weighted by Gasteiger charge is -2.05. The number of primary amides is 1. The van der Waals surface area contributed by atoms with E-state index in [2.05, 4.69) is 20.4 Å². The van der Waals surface area contributed by atoms with Crippen LogP contribution in [0.25, 0.3) is 22.2 Å². The average molecular weight is 274 g/mol. The van der Waals surface area contributed by atoms with E-state index < -0.39 is 5.91 Å². The predicted octanol–water partition coefficient (Wildman–Crippen LogP) is 1.77. The van der Waals surface area contributed by atoms with Gasteiger partial charge < -0.3 is 5.73 Å². The van der Waals surface area contributed by atoms with E-state index in [0.29, 0.717) is 16.3 Å². The molecule has 0 saturated heterocycles. The maximum Gasteiger partial charge on any atom is 0.271 e. The molecule has 0 bridgehead atoms. The van der Waals surface area contributed by atoms with Gasteiger partial charge in [-0.3, -0.25) is 9.78 Å². The highest BCUT2D eigenvalue weighted by molar-refractivity contribution is 6.38. The molecule has 2 heterocycles. The maximum absolute atomic E-state index is 11.3. The maximum atomic E-state index is 11.3. The third kappa shape index (κ3) is 1.82. The number of rotatable bonds is 2. The van der Waals surface area contributed by atoms with Crippen LogP contribution < -0.4 is 5.73 Å². The lowest BCUT2D eigenvalue weighted by Crippen LogP contribution is -2.12. The van der Waals surface area contributed by atoms with Crippen molar-refractivity contribution in [3.8, 4) is 11.3 Å². The Hall–Kier alpha value is -2.47. The van der Waals surface area contributed by atoms with Gasteiger partial charge in [0.15, 0.2) is 5.69 Å². The van der Waals surface area contributed by atoms with Crippen molar-refractivity contribution in [2.75, 3.05) is 0 Å². The summed E-state index contributed by atoms with van der Waals surface area (Å²) in [5.74, 6) is -0.661. The van der Waals surface area contributed by atoms with Gasteiger partial charge in [-0.2, -0.15) is 15.4 Å². The van der Waals surface area contributed by atoms with Crippen LogP contribution in [0.1, 0.15) is 10.5 Å². The Morgan fingerprint density at radius 1 is 1.26 bits per heavy atom. The van der Waals surface area contributed by atoms with Crippen LogP contribution in [0.15, 0.2) is 30.5 Å². The molecule has 0 saturated carbocycles. The minimum Gasteiger partial charge on any atom is -0.364 e. The summed E-state index contributed by atoms with van der Waals surface area (Å²) in [5.41, 5.74) is 6.99. The number of pyridine rings is 1. The van der Waals surface area contributed by atoms with Crippen LogP contribution in [0, 0.1) is 0 Å². The molecule has 19 heavy (non-hydrogen) atoms. The van der Waals surface area contributed by atoms with Gasteiger partial charge in [0.05, 0.1) is 10.5 Å². The highest BCUT2D eigenvalue weighted by Gasteiger charge is 2.18. The van der Waals surface area contributed by atoms with Crippen molar-refractivity contribution in [1.82, 2.24) is 20.4 Å². The fraction of sp³-hybridized carbons (Fsp3) is 0. The van der Waals surface area contributed by atoms with Crippen molar-refractivity contribution in [2.24, 2.45) is 5.73 Å². The molecule has 0 unspecified atom stereocenters. The molecule has 94 valence electrons. The highest BCUT2D eigenvalue weighted by atomic mass is 35.5. The first-order valence-electron chi connectivity index (χ1n) is 5.42. The summed E-state index contributed by atoms with van der Waals surface area (Å²) >= 11 is 6.34. The molecule has 3 aromatic rings. The summed E-state index contributed by atoms with van der Waals surface area (Å²) in [7, 11) is 0. The number of benzene rings is 1. The van der Waals surface area contributed by atoms with E-state index in [-0.39, 0.29) is 5.69 Å². The van der Waals surface area contributed by atoms with Crippen LogP contribution in [-0.2, 0) is 0 Å². The quantitative estimate of drug-likeness (QED) is 0.743. The van der Waals surface area contributed by atoms with Gasteiger partial charge in [-0.15, -0.1) is 0 Å². The van der Waals surface area contributed by atoms with Crippen molar-refractivity contribution >= 4 is 28.4 Å². The zero-order valence-electron chi connectivity index (χ0n) is 9.59. The van der Waals surface area contributed by atoms with Gasteiger partial charge in [-0.05, 0) is 24.3 Å². The summed E-state index contributed by atoms with van der Waals surface area (Å²) in [6.45, 7) is 0. The fourth-order valence-electron chi connectivity index (χ4n) is 1.89. The van der Waals surface area contributed by atoms with Crippen molar-refractivity contribution in [2.45, 2.75) is 0 Å². The summed E-state index contributed by atoms with van der Waals surface area (Å²) in [6, 6.07) is 7.17. The molecule has 0 aliphatic heterocycles. The van der Waals surface area contributed by atoms with Crippen LogP contribution in [0.3, 0.4) is 0 Å². The van der Waals surface area contributed by atoms with E-state index in [4.69, 9.17) is 17.3 Å². The van der Waals surface area contributed by atoms with Gasteiger partial charge in [-0.25, -0.2) is 0 Å². The molecule has 6 nitrogen and oxygen atoms in total. The zero-order valence-corrected chi connectivity index (χ0v) is 10.3. The van der Waals surface area contributed by atoms with Crippen LogP contribution in [0.4, 0.5) is 0 Å². The van der Waals surface area contributed by atoms with Gasteiger partial charge in [0.1, 0.15) is 5.69 Å². The van der Waals surface area contributed by atoms with E-state index in [1.54, 1.807) is 24.4 Å². The average Bonchev–Trinajstić information content (AvgIpc) is 2.89. The Kier molecular flexibility index (Phi) is 2.64. The molecule has 1 aromatic carbocycles. The Bertz CT molecular complexity index is 783. The lowest BCUT2D eigenvalue weighted by molar-refractivity contribution is 0.0996. The zero-order chi connectivity index (χ0) is 13.4. The van der Waals surface area contributed by atoms with Gasteiger partial charge in [0.25, 0.3) is 5.91 Å². The smallest absolute Gasteiger partial charge is 0.271 e. The minimum absolute atomic E-state index is 0.0603. The molecule has 0 radical (unpaired) electrons. The number of hydrogen-bond acceptors (Lipinski definition) is 4. The molecule has 0 fully saturated rings. The molecule has 7 heteroatoms. The normalized spacial score (nSPS) is 10.8. The first-order chi connectivity index (χ1) is 9.18. The number of halogens is 1. The number of fused-ring (bicyclic) bond motifs is 1. The van der Waals surface area contributed by atoms with Gasteiger partial charge in [0, 0.05) is 17.1 Å². The number of amides is 1. The van der Waals surface area contributed by atoms with Crippen LogP contribution in [0.5, 0.6) is 0 Å². The largest absolute Gasteiger partial charge is 0.364 e. The monoisotopic (exact) mass is 273 g/mol. The Morgan fingerprint density at radius 2 is 2.11 bits per heavy atom. The van der Waals surface area contributed by atoms with Crippen LogP contribution in [-0.4, -0.2) is 26.3 Å². The molecule has 2 aromatic heterocycles. The van der Waals surface area contributed by atoms with Crippen molar-refractivity contribution in [3.63, 3.8) is 0 Å². The summed E-state index contributed by atoms with van der Waals surface area (Å²) < 4.78 is 0. The number of aromatic nitrogens is 4. The number of H-pyrrole nitrogens is 1. The standard InChI is InChI=1S/C12H8ClN5O/c13-9-6-2-1-5-15-8(6)4-3-7(9)10-11(12(14)19)17-18-16-10/h1-5H,(H2,14,19)(H,16,17,18). The highest BCUT2D eigenvalue weighted by Crippen LogP contribution is 2.33. The van der Waals surface area contributed by atoms with E-state index in [9.17, 15) is 4.79 Å². The van der Waals surface area contributed by atoms with E-state index in [1.165, 1.54) is 0 Å². The van der Waals surface area contributed by atoms with Crippen molar-refractivity contribution in [3.05, 3.63) is 41.2 Å². The summed E-state index contributed by atoms with van der Waals surface area (Å²) in [5, 5.41) is 11.3. The summed E-state index contributed by atoms with van der Waals surface area (Å²) in [6.07, 6.45) is 1.68. The first kappa shape index (κ1) is 11.6. The first-order valence-corrected chi connectivity index (χ1v) is 5.80. The number of carbonyl (C=O) groups is 1. The molecule has 0 spiro atoms. The molecular formula is C12H8ClN5O. The molecule has 0 atom stereocenters. The second-order valence-corrected chi connectivity index (χ2v) is 4.26. The van der Waals surface area contributed by atoms with E-state index >= 15 is 0 Å². The Labute approximate surface area is 112 Å². The number of hydrogen-bond donors (Lipinski definition) is 2. The third-order valence-electron chi connectivity index (χ3n) is 2.76. The second kappa shape index (κ2) is 4.33. The summed E-state index contributed by atoms with van der Waals surface area (Å²) in [4.78, 5) is 15.5. The molecule has 0 aliphatic rings. The van der Waals surface area contributed by atoms with E-state index in [0.717, 1.165) is 10.9 Å². The number of carbonyl (C=O) groups excluding carboxylic acids is 1. The Morgan fingerprint density at radius 3 is 2.89 bits per heavy atom. The predicted molar refractivity (Wildman–Crippen MR) is 70.6 cm³/mol. The minimum atomic E-state index is -0.661. The van der Waals surface area contributed by atoms with Crippen molar-refractivity contribution in [1.29, 1.82) is 0 Å². The molecule has 3 rings (SSSR count). The molecule has 1 amide bonds. The van der Waals surface area contributed by atoms with Gasteiger partial charge >= 0.3 is 0 Å². The second-order valence-electron chi connectivity index (χ2n) is 3.88. The van der Waals surface area contributed by atoms with Crippen LogP contribution in [0.2, 0.25) is 5.02 Å². The number of aromatic amines is 1. The van der Waals surface area contributed by atoms with E-state index in [1.807, 2.05) is 6.07 Å². The topological polar surface area (TPSA) is 97.6 Å². The number of nitrogens with zero attached hydrogens (tertiary/aromatic N) is 3. The van der Waals surface area contributed by atoms with Crippen LogP contribution >= 0.6 is 11.6 Å². The molecule has 0 aliphatic carbocycles. The van der Waals surface area contributed by atoms with Crippen molar-refractivity contribution < 1.29 is 4.79 Å². The lowest BCUT2D eigenvalue weighted by atomic mass is 10.1. The number of nitrogens with two attached hydrogens (primary N) is 1. The van der Waals surface area contributed by atoms with Gasteiger partial charge in [-0.1, -0.05) is 11.6 Å². The Balaban J connectivity index is 2.28.